The van der Waals surface area contributed by atoms with Crippen LogP contribution in [0.15, 0.2) is 41.1 Å². The molecule has 0 aliphatic carbocycles. The van der Waals surface area contributed by atoms with E-state index >= 15 is 0 Å². The van der Waals surface area contributed by atoms with Crippen LogP contribution < -0.4 is 10.1 Å². The predicted molar refractivity (Wildman–Crippen MR) is 121 cm³/mol. The molecule has 5 rings (SSSR count). The van der Waals surface area contributed by atoms with Crippen LogP contribution in [-0.4, -0.2) is 63.3 Å². The van der Waals surface area contributed by atoms with Crippen molar-refractivity contribution in [3.05, 3.63) is 59.1 Å². The standard InChI is InChI=1S/C24H21F3N4O5/c1-11-15(23(34)30-10-16(32)21(30)24(25,26)27)9-31-20(11)17(6-7-29-31)36-13-4-5-14-18(8-13)35-12(2)19(14)22(33)28-3/h4-9,16,21,32H,10H2,1-3H3,(H,28,33)/t16-,21+/m0/s1. The van der Waals surface area contributed by atoms with E-state index in [1.165, 1.54) is 24.0 Å². The van der Waals surface area contributed by atoms with Gasteiger partial charge < -0.3 is 24.5 Å². The van der Waals surface area contributed by atoms with Crippen molar-refractivity contribution in [2.75, 3.05) is 13.6 Å². The highest BCUT2D eigenvalue weighted by Gasteiger charge is 2.57. The summed E-state index contributed by atoms with van der Waals surface area (Å²) in [6.45, 7) is 2.86. The van der Waals surface area contributed by atoms with E-state index in [-0.39, 0.29) is 11.5 Å². The number of likely N-dealkylation sites (tertiary alicyclic amines) is 1. The number of aromatic nitrogens is 2. The molecule has 2 N–H and O–H groups in total. The Morgan fingerprint density at radius 3 is 2.67 bits per heavy atom. The first-order chi connectivity index (χ1) is 17.0. The van der Waals surface area contributed by atoms with Crippen LogP contribution in [0.3, 0.4) is 0 Å². The minimum atomic E-state index is -4.74. The molecule has 0 unspecified atom stereocenters. The number of aliphatic hydroxyl groups excluding tert-OH is 1. The zero-order valence-corrected chi connectivity index (χ0v) is 19.4. The Kier molecular flexibility index (Phi) is 5.43. The number of aliphatic hydroxyl groups is 1. The van der Waals surface area contributed by atoms with Gasteiger partial charge in [0.05, 0.1) is 23.9 Å². The van der Waals surface area contributed by atoms with Gasteiger partial charge >= 0.3 is 6.18 Å². The summed E-state index contributed by atoms with van der Waals surface area (Å²) < 4.78 is 52.9. The Morgan fingerprint density at radius 1 is 1.25 bits per heavy atom. The lowest BCUT2D eigenvalue weighted by molar-refractivity contribution is -0.234. The molecular formula is C24H21F3N4O5. The average Bonchev–Trinajstić information content (AvgIpc) is 3.31. The monoisotopic (exact) mass is 502 g/mol. The number of nitrogens with zero attached hydrogens (tertiary/aromatic N) is 3. The molecule has 4 heterocycles. The number of aryl methyl sites for hydroxylation is 2. The predicted octanol–water partition coefficient (Wildman–Crippen LogP) is 3.60. The fourth-order valence-electron chi connectivity index (χ4n) is 4.56. The lowest BCUT2D eigenvalue weighted by Gasteiger charge is -2.45. The number of alkyl halides is 3. The Morgan fingerprint density at radius 2 is 2.00 bits per heavy atom. The van der Waals surface area contributed by atoms with Gasteiger partial charge in [0.25, 0.3) is 11.8 Å². The first kappa shape index (κ1) is 23.7. The first-order valence-electron chi connectivity index (χ1n) is 11.0. The largest absolute Gasteiger partial charge is 0.460 e. The van der Waals surface area contributed by atoms with Gasteiger partial charge in [-0.25, -0.2) is 4.52 Å². The number of fused-ring (bicyclic) bond motifs is 2. The third-order valence-electron chi connectivity index (χ3n) is 6.32. The van der Waals surface area contributed by atoms with Crippen molar-refractivity contribution in [2.45, 2.75) is 32.2 Å². The summed E-state index contributed by atoms with van der Waals surface area (Å²) >= 11 is 0. The number of rotatable bonds is 4. The SMILES string of the molecule is CNC(=O)c1c(C)oc2cc(Oc3ccnn4cc(C(=O)N5C[C@H](O)[C@@H]5C(F)(F)F)c(C)c34)ccc12. The van der Waals surface area contributed by atoms with Crippen LogP contribution in [0, 0.1) is 13.8 Å². The Bertz CT molecular complexity index is 1520. The van der Waals surface area contributed by atoms with Crippen molar-refractivity contribution >= 4 is 28.3 Å². The molecule has 188 valence electrons. The number of halogens is 3. The van der Waals surface area contributed by atoms with Gasteiger partial charge in [0, 0.05) is 30.8 Å². The van der Waals surface area contributed by atoms with Gasteiger partial charge in [-0.05, 0) is 31.5 Å². The summed E-state index contributed by atoms with van der Waals surface area (Å²) in [6.07, 6.45) is -3.63. The van der Waals surface area contributed by atoms with Crippen molar-refractivity contribution in [2.24, 2.45) is 0 Å². The topological polar surface area (TPSA) is 109 Å². The maximum Gasteiger partial charge on any atom is 0.411 e. The summed E-state index contributed by atoms with van der Waals surface area (Å²) in [4.78, 5) is 25.7. The molecule has 1 saturated heterocycles. The average molecular weight is 502 g/mol. The maximum atomic E-state index is 13.3. The fourth-order valence-corrected chi connectivity index (χ4v) is 4.56. The normalized spacial score (nSPS) is 17.9. The summed E-state index contributed by atoms with van der Waals surface area (Å²) in [5.41, 5.74) is 1.65. The van der Waals surface area contributed by atoms with E-state index in [0.717, 1.165) is 0 Å². The second kappa shape index (κ2) is 8.26. The number of nitrogens with one attached hydrogen (secondary N) is 1. The lowest BCUT2D eigenvalue weighted by Crippen LogP contribution is -2.68. The molecular weight excluding hydrogens is 481 g/mol. The van der Waals surface area contributed by atoms with Gasteiger partial charge in [0.2, 0.25) is 0 Å². The van der Waals surface area contributed by atoms with Gasteiger partial charge in [-0.15, -0.1) is 0 Å². The van der Waals surface area contributed by atoms with Crippen LogP contribution in [0.2, 0.25) is 0 Å². The van der Waals surface area contributed by atoms with E-state index < -0.39 is 30.8 Å². The van der Waals surface area contributed by atoms with Crippen molar-refractivity contribution in [1.29, 1.82) is 0 Å². The van der Waals surface area contributed by atoms with E-state index in [4.69, 9.17) is 9.15 Å². The summed E-state index contributed by atoms with van der Waals surface area (Å²) in [6, 6.07) is 4.28. The molecule has 1 aliphatic heterocycles. The molecule has 2 atom stereocenters. The van der Waals surface area contributed by atoms with E-state index in [1.54, 1.807) is 38.1 Å². The molecule has 0 radical (unpaired) electrons. The number of benzene rings is 1. The smallest absolute Gasteiger partial charge is 0.411 e. The van der Waals surface area contributed by atoms with Gasteiger partial charge in [0.1, 0.15) is 28.7 Å². The number of ether oxygens (including phenoxy) is 1. The van der Waals surface area contributed by atoms with Gasteiger partial charge in [0.15, 0.2) is 11.8 Å². The minimum Gasteiger partial charge on any atom is -0.460 e. The minimum absolute atomic E-state index is 0.0204. The number of furan rings is 1. The molecule has 4 aromatic rings. The van der Waals surface area contributed by atoms with Crippen LogP contribution in [-0.2, 0) is 0 Å². The summed E-state index contributed by atoms with van der Waals surface area (Å²) in [7, 11) is 1.53. The molecule has 9 nitrogen and oxygen atoms in total. The Hall–Kier alpha value is -4.06. The highest BCUT2D eigenvalue weighted by atomic mass is 19.4. The highest BCUT2D eigenvalue weighted by molar-refractivity contribution is 6.07. The first-order valence-corrected chi connectivity index (χ1v) is 11.0. The van der Waals surface area contributed by atoms with Crippen LogP contribution in [0.25, 0.3) is 16.5 Å². The highest BCUT2D eigenvalue weighted by Crippen LogP contribution is 2.37. The van der Waals surface area contributed by atoms with Gasteiger partial charge in [-0.1, -0.05) is 0 Å². The molecule has 36 heavy (non-hydrogen) atoms. The van der Waals surface area contributed by atoms with Gasteiger partial charge in [-0.2, -0.15) is 18.3 Å². The molecule has 3 aromatic heterocycles. The molecule has 1 fully saturated rings. The molecule has 1 aliphatic rings. The second-order valence-corrected chi connectivity index (χ2v) is 8.54. The molecule has 0 bridgehead atoms. The third kappa shape index (κ3) is 3.65. The van der Waals surface area contributed by atoms with E-state index in [9.17, 15) is 27.9 Å². The van der Waals surface area contributed by atoms with E-state index in [1.807, 2.05) is 0 Å². The third-order valence-corrected chi connectivity index (χ3v) is 6.32. The Balaban J connectivity index is 1.49. The van der Waals surface area contributed by atoms with Crippen LogP contribution in [0.4, 0.5) is 13.2 Å². The quantitative estimate of drug-likeness (QED) is 0.442. The van der Waals surface area contributed by atoms with Crippen molar-refractivity contribution in [1.82, 2.24) is 19.8 Å². The zero-order chi connectivity index (χ0) is 25.9. The number of hydrogen-bond donors (Lipinski definition) is 2. The van der Waals surface area contributed by atoms with Crippen LogP contribution in [0.5, 0.6) is 11.5 Å². The maximum absolute atomic E-state index is 13.3. The van der Waals surface area contributed by atoms with E-state index in [0.29, 0.717) is 49.8 Å². The molecule has 0 saturated carbocycles. The molecule has 0 spiro atoms. The molecule has 2 amide bonds. The Labute approximate surface area is 202 Å². The van der Waals surface area contributed by atoms with Crippen molar-refractivity contribution in [3.8, 4) is 11.5 Å². The van der Waals surface area contributed by atoms with Crippen molar-refractivity contribution < 1.29 is 37.0 Å². The number of hydrogen-bond acceptors (Lipinski definition) is 6. The number of carbonyl (C=O) groups is 2. The molecule has 12 heteroatoms. The van der Waals surface area contributed by atoms with E-state index in [2.05, 4.69) is 10.4 Å². The zero-order valence-electron chi connectivity index (χ0n) is 19.4. The van der Waals surface area contributed by atoms with Crippen molar-refractivity contribution in [3.63, 3.8) is 0 Å². The second-order valence-electron chi connectivity index (χ2n) is 8.54. The van der Waals surface area contributed by atoms with Crippen LogP contribution >= 0.6 is 0 Å². The van der Waals surface area contributed by atoms with Crippen LogP contribution in [0.1, 0.15) is 32.0 Å². The number of carbonyl (C=O) groups excluding carboxylic acids is 2. The molecule has 1 aromatic carbocycles. The summed E-state index contributed by atoms with van der Waals surface area (Å²) in [5.74, 6) is 0.00713. The number of amides is 2. The fraction of sp³-hybridized carbons (Fsp3) is 0.292. The summed E-state index contributed by atoms with van der Waals surface area (Å²) in [5, 5.41) is 16.9. The van der Waals surface area contributed by atoms with Gasteiger partial charge in [-0.3, -0.25) is 9.59 Å². The lowest BCUT2D eigenvalue weighted by atomic mass is 9.97. The number of β-amino-alcohol motifs (C(OH)–C–C–N with tert-alkyl or cyclic N) is 1.